The van der Waals surface area contributed by atoms with Gasteiger partial charge in [0.15, 0.2) is 0 Å². The number of piperidine rings is 2. The Kier molecular flexibility index (Phi) is 11.0. The number of hydrogen-bond acceptors (Lipinski definition) is 8. The Balaban J connectivity index is 2.52. The van der Waals surface area contributed by atoms with E-state index in [1.807, 2.05) is 55.4 Å². The van der Waals surface area contributed by atoms with E-state index < -0.39 is 51.7 Å². The highest BCUT2D eigenvalue weighted by Gasteiger charge is 2.62. The quantitative estimate of drug-likeness (QED) is 0.199. The molecule has 0 aromatic rings. The number of hydrogen-bond donors (Lipinski definition) is 4. The van der Waals surface area contributed by atoms with E-state index in [2.05, 4.69) is 0 Å². The Morgan fingerprint density at radius 3 is 1.31 bits per heavy atom. The molecular weight excluding hydrogens is 544 g/mol. The van der Waals surface area contributed by atoms with Crippen molar-refractivity contribution in [1.29, 1.82) is 0 Å². The number of primary amides is 2. The second kappa shape index (κ2) is 13.0. The number of unbranched alkanes of at least 4 members (excludes halogenated alkanes) is 4. The van der Waals surface area contributed by atoms with Crippen molar-refractivity contribution in [2.24, 2.45) is 28.7 Å². The van der Waals surface area contributed by atoms with Gasteiger partial charge in [-0.25, -0.2) is 9.59 Å². The number of nitrogens with two attached hydrogens (primary N) is 2. The van der Waals surface area contributed by atoms with Crippen molar-refractivity contribution < 1.29 is 39.1 Å². The van der Waals surface area contributed by atoms with Crippen LogP contribution in [0.25, 0.3) is 0 Å². The van der Waals surface area contributed by atoms with Gasteiger partial charge < -0.3 is 31.4 Å². The van der Waals surface area contributed by atoms with Crippen LogP contribution in [0.4, 0.5) is 9.59 Å². The van der Waals surface area contributed by atoms with Gasteiger partial charge in [-0.1, -0.05) is 25.7 Å². The lowest BCUT2D eigenvalue weighted by Crippen LogP contribution is -2.67. The fourth-order valence-corrected chi connectivity index (χ4v) is 8.35. The fraction of sp³-hybridized carbons (Fsp3) is 0.867. The molecule has 2 aliphatic heterocycles. The summed E-state index contributed by atoms with van der Waals surface area (Å²) in [6.45, 7) is 15.5. The Morgan fingerprint density at radius 2 is 1.00 bits per heavy atom. The summed E-state index contributed by atoms with van der Waals surface area (Å²) in [7, 11) is 0. The highest BCUT2D eigenvalue weighted by atomic mass is 16.7. The summed E-state index contributed by atoms with van der Waals surface area (Å²) in [5, 5.41) is 23.4. The minimum absolute atomic E-state index is 0.130. The van der Waals surface area contributed by atoms with Crippen LogP contribution >= 0.6 is 0 Å². The van der Waals surface area contributed by atoms with E-state index in [4.69, 9.17) is 26.2 Å². The highest BCUT2D eigenvalue weighted by Crippen LogP contribution is 2.58. The maximum absolute atomic E-state index is 13.7. The van der Waals surface area contributed by atoms with Crippen molar-refractivity contribution in [2.45, 2.75) is 148 Å². The summed E-state index contributed by atoms with van der Waals surface area (Å²) >= 11 is 0. The zero-order valence-corrected chi connectivity index (χ0v) is 26.8. The number of rotatable bonds is 13. The van der Waals surface area contributed by atoms with Crippen LogP contribution in [0.1, 0.15) is 126 Å². The average molecular weight is 599 g/mol. The maximum Gasteiger partial charge on any atom is 0.423 e. The summed E-state index contributed by atoms with van der Waals surface area (Å²) in [6, 6.07) is 0. The molecule has 2 heterocycles. The molecule has 2 fully saturated rings. The van der Waals surface area contributed by atoms with Gasteiger partial charge in [-0.05, 0) is 106 Å². The van der Waals surface area contributed by atoms with Crippen molar-refractivity contribution in [2.75, 3.05) is 0 Å². The van der Waals surface area contributed by atoms with E-state index in [1.54, 1.807) is 10.1 Å². The van der Waals surface area contributed by atoms with Gasteiger partial charge in [0.05, 0.1) is 27.6 Å². The number of hydroxylamine groups is 4. The Labute approximate surface area is 250 Å². The fourth-order valence-electron chi connectivity index (χ4n) is 8.35. The first-order valence-corrected chi connectivity index (χ1v) is 15.1. The van der Waals surface area contributed by atoms with Gasteiger partial charge in [-0.3, -0.25) is 9.59 Å². The van der Waals surface area contributed by atoms with Gasteiger partial charge in [0, 0.05) is 6.42 Å². The molecule has 0 atom stereocenters. The van der Waals surface area contributed by atoms with Crippen LogP contribution in [0, 0.1) is 17.3 Å². The molecule has 12 nitrogen and oxygen atoms in total. The molecule has 2 saturated heterocycles. The highest BCUT2D eigenvalue weighted by molar-refractivity contribution is 5.76. The molecule has 2 rings (SSSR count). The number of aliphatic carboxylic acids is 2. The largest absolute Gasteiger partial charge is 0.481 e. The molecule has 6 N–H and O–H groups in total. The van der Waals surface area contributed by atoms with Gasteiger partial charge >= 0.3 is 24.1 Å². The molecule has 42 heavy (non-hydrogen) atoms. The van der Waals surface area contributed by atoms with Gasteiger partial charge in [-0.15, -0.1) is 10.1 Å². The lowest BCUT2D eigenvalue weighted by atomic mass is 9.52. The minimum Gasteiger partial charge on any atom is -0.481 e. The summed E-state index contributed by atoms with van der Waals surface area (Å²) < 4.78 is 0. The van der Waals surface area contributed by atoms with Gasteiger partial charge in [-0.2, -0.15) is 0 Å². The lowest BCUT2D eigenvalue weighted by molar-refractivity contribution is -0.272. The number of carbonyl (C=O) groups excluding carboxylic acids is 2. The summed E-state index contributed by atoms with van der Waals surface area (Å²) in [5.74, 6) is -2.19. The average Bonchev–Trinajstić information content (AvgIpc) is 2.79. The molecule has 0 spiro atoms. The third-order valence-corrected chi connectivity index (χ3v) is 9.38. The minimum atomic E-state index is -1.12. The van der Waals surface area contributed by atoms with Crippen LogP contribution in [-0.2, 0) is 19.3 Å². The molecule has 0 aromatic carbocycles. The number of carbonyl (C=O) groups is 4. The standard InChI is InChI=1S/C30H54N4O8/c1-26(2)16-20(17-27(3,4)33(26)41-24(31)39)30(23(37)38,15-13-11-9-10-12-14-22(35)36)21-18-28(5,6)34(42-25(32)40)29(7,8)19-21/h20-21H,9-19H2,1-8H3,(H2,31,39)(H2,32,40)(H,35,36)(H,37,38). The van der Waals surface area contributed by atoms with Crippen LogP contribution in [0.15, 0.2) is 0 Å². The van der Waals surface area contributed by atoms with Crippen LogP contribution in [-0.4, -0.2) is 66.6 Å². The summed E-state index contributed by atoms with van der Waals surface area (Å²) in [6.07, 6.45) is 4.29. The first kappa shape index (κ1) is 35.6. The molecular formula is C30H54N4O8. The Morgan fingerprint density at radius 1 is 0.667 bits per heavy atom. The van der Waals surface area contributed by atoms with E-state index in [0.717, 1.165) is 19.3 Å². The van der Waals surface area contributed by atoms with Crippen molar-refractivity contribution in [3.8, 4) is 0 Å². The van der Waals surface area contributed by atoms with Gasteiger partial charge in [0.1, 0.15) is 0 Å². The zero-order chi connectivity index (χ0) is 32.3. The second-order valence-corrected chi connectivity index (χ2v) is 14.9. The second-order valence-electron chi connectivity index (χ2n) is 14.9. The van der Waals surface area contributed by atoms with Crippen LogP contribution in [0.5, 0.6) is 0 Å². The van der Waals surface area contributed by atoms with Crippen molar-refractivity contribution >= 4 is 24.1 Å². The monoisotopic (exact) mass is 598 g/mol. The molecule has 0 bridgehead atoms. The van der Waals surface area contributed by atoms with Crippen molar-refractivity contribution in [3.05, 3.63) is 0 Å². The normalized spacial score (nSPS) is 22.8. The van der Waals surface area contributed by atoms with Crippen LogP contribution in [0.2, 0.25) is 0 Å². The van der Waals surface area contributed by atoms with E-state index in [0.29, 0.717) is 44.9 Å². The van der Waals surface area contributed by atoms with E-state index in [9.17, 15) is 24.3 Å². The van der Waals surface area contributed by atoms with Crippen LogP contribution < -0.4 is 11.5 Å². The van der Waals surface area contributed by atoms with Gasteiger partial charge in [0.2, 0.25) is 0 Å². The number of amides is 2. The molecule has 242 valence electrons. The Bertz CT molecular complexity index is 917. The third kappa shape index (κ3) is 8.06. The van der Waals surface area contributed by atoms with Crippen molar-refractivity contribution in [1.82, 2.24) is 10.1 Å². The van der Waals surface area contributed by atoms with Crippen molar-refractivity contribution in [3.63, 3.8) is 0 Å². The number of carboxylic acids is 2. The number of nitrogens with zero attached hydrogens (tertiary/aromatic N) is 2. The molecule has 12 heteroatoms. The van der Waals surface area contributed by atoms with E-state index >= 15 is 0 Å². The zero-order valence-electron chi connectivity index (χ0n) is 26.8. The first-order valence-electron chi connectivity index (χ1n) is 15.1. The summed E-state index contributed by atoms with van der Waals surface area (Å²) in [5.41, 5.74) is 6.92. The SMILES string of the molecule is CC1(C)CC(C(CCCCCCCC(=O)O)(C(=O)O)C2CC(C)(C)N(OC(N)=O)C(C)(C)C2)CC(C)(C)N1OC(N)=O. The van der Waals surface area contributed by atoms with E-state index in [1.165, 1.54) is 0 Å². The predicted molar refractivity (Wildman–Crippen MR) is 157 cm³/mol. The molecule has 2 amide bonds. The number of carboxylic acid groups (broad SMARTS) is 2. The first-order chi connectivity index (χ1) is 19.1. The molecule has 0 aliphatic carbocycles. The summed E-state index contributed by atoms with van der Waals surface area (Å²) in [4.78, 5) is 59.1. The van der Waals surface area contributed by atoms with E-state index in [-0.39, 0.29) is 18.3 Å². The van der Waals surface area contributed by atoms with Crippen LogP contribution in [0.3, 0.4) is 0 Å². The Hall–Kier alpha value is -2.60. The predicted octanol–water partition coefficient (Wildman–Crippen LogP) is 5.43. The smallest absolute Gasteiger partial charge is 0.423 e. The molecule has 0 aromatic heterocycles. The topological polar surface area (TPSA) is 186 Å². The lowest BCUT2D eigenvalue weighted by Gasteiger charge is -2.60. The van der Waals surface area contributed by atoms with Gasteiger partial charge in [0.25, 0.3) is 0 Å². The molecule has 0 unspecified atom stereocenters. The molecule has 0 radical (unpaired) electrons. The molecule has 2 aliphatic rings. The third-order valence-electron chi connectivity index (χ3n) is 9.38. The molecule has 0 saturated carbocycles. The maximum atomic E-state index is 13.7.